The second-order valence-electron chi connectivity index (χ2n) is 3.68. The lowest BCUT2D eigenvalue weighted by Gasteiger charge is -2.09. The maximum Gasteiger partial charge on any atom is 0.0553 e. The SMILES string of the molecule is CC(O)Cc1cccc2c1NCC2. The number of fused-ring (bicyclic) bond motifs is 1. The number of aliphatic hydroxyl groups excluding tert-OH is 1. The first-order valence-corrected chi connectivity index (χ1v) is 4.80. The molecule has 1 atom stereocenters. The average Bonchev–Trinajstić information content (AvgIpc) is 2.51. The van der Waals surface area contributed by atoms with Gasteiger partial charge in [-0.1, -0.05) is 18.2 Å². The van der Waals surface area contributed by atoms with Crippen molar-refractivity contribution in [2.75, 3.05) is 11.9 Å². The Balaban J connectivity index is 2.30. The fourth-order valence-corrected chi connectivity index (χ4v) is 1.90. The van der Waals surface area contributed by atoms with Crippen molar-refractivity contribution in [2.24, 2.45) is 0 Å². The van der Waals surface area contributed by atoms with E-state index in [-0.39, 0.29) is 6.10 Å². The molecular formula is C11H15NO. The van der Waals surface area contributed by atoms with Gasteiger partial charge in [0, 0.05) is 18.7 Å². The smallest absolute Gasteiger partial charge is 0.0553 e. The highest BCUT2D eigenvalue weighted by atomic mass is 16.3. The van der Waals surface area contributed by atoms with Gasteiger partial charge in [0.1, 0.15) is 0 Å². The Kier molecular flexibility index (Phi) is 2.23. The normalized spacial score (nSPS) is 16.5. The number of benzene rings is 1. The van der Waals surface area contributed by atoms with Gasteiger partial charge in [-0.25, -0.2) is 0 Å². The van der Waals surface area contributed by atoms with Crippen molar-refractivity contribution in [3.8, 4) is 0 Å². The topological polar surface area (TPSA) is 32.3 Å². The molecule has 1 aliphatic heterocycles. The first kappa shape index (κ1) is 8.57. The summed E-state index contributed by atoms with van der Waals surface area (Å²) in [6.45, 7) is 2.86. The quantitative estimate of drug-likeness (QED) is 0.718. The number of nitrogens with one attached hydrogen (secondary N) is 1. The van der Waals surface area contributed by atoms with Gasteiger partial charge < -0.3 is 10.4 Å². The fourth-order valence-electron chi connectivity index (χ4n) is 1.90. The molecule has 0 bridgehead atoms. The van der Waals surface area contributed by atoms with Crippen LogP contribution in [0.3, 0.4) is 0 Å². The molecule has 2 rings (SSSR count). The third-order valence-electron chi connectivity index (χ3n) is 2.45. The zero-order valence-electron chi connectivity index (χ0n) is 7.88. The van der Waals surface area contributed by atoms with Gasteiger partial charge in [0.25, 0.3) is 0 Å². The van der Waals surface area contributed by atoms with Gasteiger partial charge >= 0.3 is 0 Å². The summed E-state index contributed by atoms with van der Waals surface area (Å²) in [5.41, 5.74) is 3.88. The monoisotopic (exact) mass is 177 g/mol. The van der Waals surface area contributed by atoms with Gasteiger partial charge in [-0.05, 0) is 24.5 Å². The Bertz CT molecular complexity index is 307. The predicted molar refractivity (Wildman–Crippen MR) is 54.0 cm³/mol. The number of aliphatic hydroxyl groups is 1. The van der Waals surface area contributed by atoms with Crippen molar-refractivity contribution >= 4 is 5.69 Å². The van der Waals surface area contributed by atoms with Crippen molar-refractivity contribution in [3.05, 3.63) is 29.3 Å². The zero-order valence-corrected chi connectivity index (χ0v) is 7.88. The van der Waals surface area contributed by atoms with Crippen LogP contribution in [-0.2, 0) is 12.8 Å². The molecule has 0 radical (unpaired) electrons. The largest absolute Gasteiger partial charge is 0.393 e. The highest BCUT2D eigenvalue weighted by molar-refractivity contribution is 5.61. The molecule has 0 saturated heterocycles. The van der Waals surface area contributed by atoms with E-state index < -0.39 is 0 Å². The standard InChI is InChI=1S/C11H15NO/c1-8(13)7-10-4-2-3-9-5-6-12-11(9)10/h2-4,8,12-13H,5-7H2,1H3. The maximum absolute atomic E-state index is 9.31. The van der Waals surface area contributed by atoms with E-state index in [1.54, 1.807) is 0 Å². The van der Waals surface area contributed by atoms with Crippen molar-refractivity contribution in [2.45, 2.75) is 25.9 Å². The van der Waals surface area contributed by atoms with E-state index in [9.17, 15) is 5.11 Å². The second-order valence-corrected chi connectivity index (χ2v) is 3.68. The first-order valence-electron chi connectivity index (χ1n) is 4.80. The van der Waals surface area contributed by atoms with Crippen molar-refractivity contribution in [1.82, 2.24) is 0 Å². The average molecular weight is 177 g/mol. The Morgan fingerprint density at radius 1 is 1.54 bits per heavy atom. The van der Waals surface area contributed by atoms with Crippen LogP contribution >= 0.6 is 0 Å². The van der Waals surface area contributed by atoms with E-state index in [4.69, 9.17) is 0 Å². The third-order valence-corrected chi connectivity index (χ3v) is 2.45. The molecular weight excluding hydrogens is 162 g/mol. The van der Waals surface area contributed by atoms with Gasteiger partial charge in [0.2, 0.25) is 0 Å². The lowest BCUT2D eigenvalue weighted by atomic mass is 10.0. The van der Waals surface area contributed by atoms with Crippen molar-refractivity contribution in [1.29, 1.82) is 0 Å². The van der Waals surface area contributed by atoms with E-state index in [1.807, 2.05) is 6.92 Å². The Morgan fingerprint density at radius 2 is 2.38 bits per heavy atom. The molecule has 0 saturated carbocycles. The second kappa shape index (κ2) is 3.38. The molecule has 2 nitrogen and oxygen atoms in total. The molecule has 1 aromatic carbocycles. The Morgan fingerprint density at radius 3 is 3.15 bits per heavy atom. The van der Waals surface area contributed by atoms with Gasteiger partial charge in [-0.2, -0.15) is 0 Å². The highest BCUT2D eigenvalue weighted by Crippen LogP contribution is 2.27. The van der Waals surface area contributed by atoms with Crippen LogP contribution in [-0.4, -0.2) is 17.8 Å². The third kappa shape index (κ3) is 1.68. The van der Waals surface area contributed by atoms with Crippen LogP contribution in [0.15, 0.2) is 18.2 Å². The van der Waals surface area contributed by atoms with Crippen LogP contribution in [0.1, 0.15) is 18.1 Å². The summed E-state index contributed by atoms with van der Waals surface area (Å²) in [6, 6.07) is 6.31. The number of hydrogen-bond acceptors (Lipinski definition) is 2. The predicted octanol–water partition coefficient (Wildman–Crippen LogP) is 1.58. The van der Waals surface area contributed by atoms with Crippen molar-refractivity contribution in [3.63, 3.8) is 0 Å². The van der Waals surface area contributed by atoms with E-state index in [2.05, 4.69) is 23.5 Å². The summed E-state index contributed by atoms with van der Waals surface area (Å²) >= 11 is 0. The summed E-state index contributed by atoms with van der Waals surface area (Å²) in [7, 11) is 0. The Labute approximate surface area is 78.6 Å². The molecule has 2 heteroatoms. The summed E-state index contributed by atoms with van der Waals surface area (Å²) in [4.78, 5) is 0. The molecule has 0 aromatic heterocycles. The molecule has 70 valence electrons. The van der Waals surface area contributed by atoms with E-state index in [1.165, 1.54) is 16.8 Å². The highest BCUT2D eigenvalue weighted by Gasteiger charge is 2.13. The van der Waals surface area contributed by atoms with Crippen LogP contribution in [0.4, 0.5) is 5.69 Å². The van der Waals surface area contributed by atoms with Gasteiger partial charge in [0.15, 0.2) is 0 Å². The van der Waals surface area contributed by atoms with Gasteiger partial charge in [-0.3, -0.25) is 0 Å². The van der Waals surface area contributed by atoms with E-state index in [0.717, 1.165) is 19.4 Å². The van der Waals surface area contributed by atoms with Crippen LogP contribution in [0.2, 0.25) is 0 Å². The van der Waals surface area contributed by atoms with E-state index >= 15 is 0 Å². The minimum Gasteiger partial charge on any atom is -0.393 e. The van der Waals surface area contributed by atoms with Gasteiger partial charge in [0.05, 0.1) is 6.10 Å². The summed E-state index contributed by atoms with van der Waals surface area (Å²) in [5, 5.41) is 12.7. The Hall–Kier alpha value is -1.02. The van der Waals surface area contributed by atoms with Crippen LogP contribution in [0, 0.1) is 0 Å². The number of hydrogen-bond donors (Lipinski definition) is 2. The summed E-state index contributed by atoms with van der Waals surface area (Å²) in [5.74, 6) is 0. The minimum atomic E-state index is -0.256. The molecule has 0 amide bonds. The van der Waals surface area contributed by atoms with Crippen LogP contribution in [0.5, 0.6) is 0 Å². The van der Waals surface area contributed by atoms with Crippen LogP contribution < -0.4 is 5.32 Å². The molecule has 1 aliphatic rings. The molecule has 0 fully saturated rings. The maximum atomic E-state index is 9.31. The molecule has 13 heavy (non-hydrogen) atoms. The molecule has 2 N–H and O–H groups in total. The minimum absolute atomic E-state index is 0.256. The van der Waals surface area contributed by atoms with Crippen LogP contribution in [0.25, 0.3) is 0 Å². The molecule has 1 unspecified atom stereocenters. The zero-order chi connectivity index (χ0) is 9.26. The summed E-state index contributed by atoms with van der Waals surface area (Å²) in [6.07, 6.45) is 1.60. The molecule has 0 spiro atoms. The lowest BCUT2D eigenvalue weighted by Crippen LogP contribution is -2.06. The van der Waals surface area contributed by atoms with E-state index in [0.29, 0.717) is 0 Å². The first-order chi connectivity index (χ1) is 6.27. The molecule has 1 heterocycles. The lowest BCUT2D eigenvalue weighted by molar-refractivity contribution is 0.195. The molecule has 0 aliphatic carbocycles. The molecule has 1 aromatic rings. The number of para-hydroxylation sites is 1. The fraction of sp³-hybridized carbons (Fsp3) is 0.455. The number of rotatable bonds is 2. The summed E-state index contributed by atoms with van der Waals surface area (Å²) < 4.78 is 0. The number of anilines is 1. The van der Waals surface area contributed by atoms with Crippen molar-refractivity contribution < 1.29 is 5.11 Å². The van der Waals surface area contributed by atoms with Gasteiger partial charge in [-0.15, -0.1) is 0 Å².